The van der Waals surface area contributed by atoms with Crippen LogP contribution in [-0.2, 0) is 11.8 Å². The van der Waals surface area contributed by atoms with Crippen LogP contribution in [-0.4, -0.2) is 44.4 Å². The van der Waals surface area contributed by atoms with Gasteiger partial charge in [0.05, 0.1) is 29.4 Å². The van der Waals surface area contributed by atoms with Gasteiger partial charge in [0, 0.05) is 48.5 Å². The Morgan fingerprint density at radius 1 is 1.18 bits per heavy atom. The van der Waals surface area contributed by atoms with E-state index in [1.54, 1.807) is 38.5 Å². The maximum absolute atomic E-state index is 14.9. The predicted molar refractivity (Wildman–Crippen MR) is 123 cm³/mol. The molecule has 4 aromatic rings. The molecule has 10 heteroatoms. The van der Waals surface area contributed by atoms with Crippen LogP contribution in [0.2, 0.25) is 5.02 Å². The molecule has 0 unspecified atom stereocenters. The number of nitrogens with zero attached hydrogens (tertiary/aromatic N) is 6. The monoisotopic (exact) mass is 466 g/mol. The molecule has 0 amide bonds. The molecular formula is C23H20ClFN6O2. The molecule has 0 radical (unpaired) electrons. The number of ether oxygens (including phenoxy) is 1. The highest BCUT2D eigenvalue weighted by molar-refractivity contribution is 6.30. The highest BCUT2D eigenvalue weighted by Crippen LogP contribution is 2.32. The van der Waals surface area contributed by atoms with Gasteiger partial charge in [0.1, 0.15) is 23.6 Å². The SMILES string of the molecule is Cc1nc2cc(N3CCO[C@H](c4ccnnc4)C3)nc(-c3ccc(Cl)cc3F)c2c(=O)n1C. The number of aromatic nitrogens is 5. The summed E-state index contributed by atoms with van der Waals surface area (Å²) in [6.07, 6.45) is 3.07. The van der Waals surface area contributed by atoms with Gasteiger partial charge in [-0.25, -0.2) is 14.4 Å². The van der Waals surface area contributed by atoms with E-state index in [0.717, 1.165) is 5.56 Å². The lowest BCUT2D eigenvalue weighted by molar-refractivity contribution is 0.0392. The van der Waals surface area contributed by atoms with Crippen molar-refractivity contribution in [2.24, 2.45) is 7.05 Å². The zero-order chi connectivity index (χ0) is 23.1. The zero-order valence-corrected chi connectivity index (χ0v) is 18.8. The van der Waals surface area contributed by atoms with E-state index in [9.17, 15) is 9.18 Å². The first-order valence-corrected chi connectivity index (χ1v) is 10.8. The van der Waals surface area contributed by atoms with E-state index in [4.69, 9.17) is 21.3 Å². The van der Waals surface area contributed by atoms with Gasteiger partial charge in [0.2, 0.25) is 0 Å². The van der Waals surface area contributed by atoms with Crippen molar-refractivity contribution in [3.05, 3.63) is 75.3 Å². The lowest BCUT2D eigenvalue weighted by Gasteiger charge is -2.34. The summed E-state index contributed by atoms with van der Waals surface area (Å²) in [5.41, 5.74) is 1.50. The normalized spacial score (nSPS) is 16.4. The number of hydrogen-bond donors (Lipinski definition) is 0. The van der Waals surface area contributed by atoms with Crippen LogP contribution in [0.3, 0.4) is 0 Å². The Bertz CT molecular complexity index is 1410. The molecule has 0 saturated carbocycles. The van der Waals surface area contributed by atoms with Gasteiger partial charge in [-0.2, -0.15) is 10.2 Å². The van der Waals surface area contributed by atoms with Crippen molar-refractivity contribution < 1.29 is 9.13 Å². The molecule has 168 valence electrons. The largest absolute Gasteiger partial charge is 0.370 e. The number of aryl methyl sites for hydroxylation is 1. The molecule has 33 heavy (non-hydrogen) atoms. The van der Waals surface area contributed by atoms with Gasteiger partial charge in [-0.05, 0) is 31.2 Å². The number of halogens is 2. The summed E-state index contributed by atoms with van der Waals surface area (Å²) in [5, 5.41) is 8.28. The second-order valence-corrected chi connectivity index (χ2v) is 8.29. The van der Waals surface area contributed by atoms with E-state index in [1.807, 2.05) is 11.0 Å². The topological polar surface area (TPSA) is 86.0 Å². The number of anilines is 1. The lowest BCUT2D eigenvalue weighted by atomic mass is 10.1. The van der Waals surface area contributed by atoms with Crippen LogP contribution in [0, 0.1) is 12.7 Å². The molecule has 1 aromatic carbocycles. The van der Waals surface area contributed by atoms with E-state index in [-0.39, 0.29) is 33.3 Å². The minimum absolute atomic E-state index is 0.192. The van der Waals surface area contributed by atoms with Crippen LogP contribution in [0.25, 0.3) is 22.2 Å². The molecule has 1 aliphatic heterocycles. The summed E-state index contributed by atoms with van der Waals surface area (Å²) in [7, 11) is 1.63. The highest BCUT2D eigenvalue weighted by atomic mass is 35.5. The Morgan fingerprint density at radius 2 is 2.03 bits per heavy atom. The third-order valence-electron chi connectivity index (χ3n) is 5.83. The van der Waals surface area contributed by atoms with E-state index < -0.39 is 5.82 Å². The molecule has 1 atom stereocenters. The number of benzene rings is 1. The Kier molecular flexibility index (Phi) is 5.51. The number of rotatable bonds is 3. The van der Waals surface area contributed by atoms with Crippen LogP contribution in [0.4, 0.5) is 10.2 Å². The molecule has 0 aliphatic carbocycles. The van der Waals surface area contributed by atoms with Gasteiger partial charge in [-0.3, -0.25) is 9.36 Å². The minimum atomic E-state index is -0.557. The van der Waals surface area contributed by atoms with Gasteiger partial charge >= 0.3 is 0 Å². The van der Waals surface area contributed by atoms with Crippen LogP contribution in [0.1, 0.15) is 17.5 Å². The number of morpholine rings is 1. The average molecular weight is 467 g/mol. The van der Waals surface area contributed by atoms with Crippen LogP contribution >= 0.6 is 11.6 Å². The van der Waals surface area contributed by atoms with Crippen molar-refractivity contribution in [2.75, 3.05) is 24.6 Å². The maximum atomic E-state index is 14.9. The first-order chi connectivity index (χ1) is 15.9. The van der Waals surface area contributed by atoms with Crippen molar-refractivity contribution in [3.8, 4) is 11.3 Å². The third kappa shape index (κ3) is 3.94. The first-order valence-electron chi connectivity index (χ1n) is 10.4. The van der Waals surface area contributed by atoms with Crippen LogP contribution < -0.4 is 10.5 Å². The van der Waals surface area contributed by atoms with Gasteiger partial charge < -0.3 is 9.64 Å². The standard InChI is InChI=1S/C23H20ClFN6O2/c1-13-28-18-10-20(31-7-8-33-19(12-31)14-5-6-26-27-11-14)29-22(21(18)23(32)30(13)2)16-4-3-15(24)9-17(16)25/h3-6,9-11,19H,7-8,12H2,1-2H3/t19-/m0/s1. The van der Waals surface area contributed by atoms with E-state index >= 15 is 0 Å². The van der Waals surface area contributed by atoms with Gasteiger partial charge in [-0.15, -0.1) is 0 Å². The summed E-state index contributed by atoms with van der Waals surface area (Å²) in [5.74, 6) is 0.580. The second kappa shape index (κ2) is 8.49. The quantitative estimate of drug-likeness (QED) is 0.457. The maximum Gasteiger partial charge on any atom is 0.263 e. The number of hydrogen-bond acceptors (Lipinski definition) is 7. The molecular weight excluding hydrogens is 447 g/mol. The van der Waals surface area contributed by atoms with Gasteiger partial charge in [-0.1, -0.05) is 11.6 Å². The Hall–Kier alpha value is -3.43. The summed E-state index contributed by atoms with van der Waals surface area (Å²) >= 11 is 5.96. The molecule has 8 nitrogen and oxygen atoms in total. The Balaban J connectivity index is 1.67. The van der Waals surface area contributed by atoms with Crippen molar-refractivity contribution in [1.29, 1.82) is 0 Å². The molecule has 1 aliphatic rings. The molecule has 0 bridgehead atoms. The smallest absolute Gasteiger partial charge is 0.263 e. The van der Waals surface area contributed by atoms with Gasteiger partial charge in [0.25, 0.3) is 5.56 Å². The summed E-state index contributed by atoms with van der Waals surface area (Å²) < 4.78 is 22.3. The predicted octanol–water partition coefficient (Wildman–Crippen LogP) is 3.46. The lowest BCUT2D eigenvalue weighted by Crippen LogP contribution is -2.39. The fourth-order valence-corrected chi connectivity index (χ4v) is 4.13. The second-order valence-electron chi connectivity index (χ2n) is 7.85. The molecule has 4 heterocycles. The number of pyridine rings is 1. The average Bonchev–Trinajstić information content (AvgIpc) is 2.82. The van der Waals surface area contributed by atoms with E-state index in [0.29, 0.717) is 36.9 Å². The van der Waals surface area contributed by atoms with Crippen LogP contribution in [0.5, 0.6) is 0 Å². The summed E-state index contributed by atoms with van der Waals surface area (Å²) in [6.45, 7) is 3.32. The summed E-state index contributed by atoms with van der Waals surface area (Å²) in [6, 6.07) is 7.96. The van der Waals surface area contributed by atoms with Crippen molar-refractivity contribution >= 4 is 28.3 Å². The van der Waals surface area contributed by atoms with Gasteiger partial charge in [0.15, 0.2) is 0 Å². The Morgan fingerprint density at radius 3 is 2.79 bits per heavy atom. The first kappa shape index (κ1) is 21.4. The minimum Gasteiger partial charge on any atom is -0.370 e. The van der Waals surface area contributed by atoms with Crippen molar-refractivity contribution in [2.45, 2.75) is 13.0 Å². The molecule has 3 aromatic heterocycles. The molecule has 0 spiro atoms. The highest BCUT2D eigenvalue weighted by Gasteiger charge is 2.26. The summed E-state index contributed by atoms with van der Waals surface area (Å²) in [4.78, 5) is 24.5. The van der Waals surface area contributed by atoms with Crippen LogP contribution in [0.15, 0.2) is 47.5 Å². The third-order valence-corrected chi connectivity index (χ3v) is 6.06. The van der Waals surface area contributed by atoms with E-state index in [2.05, 4.69) is 15.2 Å². The Labute approximate surface area is 193 Å². The molecule has 1 fully saturated rings. The molecule has 5 rings (SSSR count). The van der Waals surface area contributed by atoms with Crippen molar-refractivity contribution in [1.82, 2.24) is 24.7 Å². The fourth-order valence-electron chi connectivity index (χ4n) is 3.97. The molecule has 0 N–H and O–H groups in total. The number of fused-ring (bicyclic) bond motifs is 1. The molecule has 1 saturated heterocycles. The fraction of sp³-hybridized carbons (Fsp3) is 0.261. The van der Waals surface area contributed by atoms with E-state index in [1.165, 1.54) is 16.7 Å². The zero-order valence-electron chi connectivity index (χ0n) is 18.0. The van der Waals surface area contributed by atoms with Crippen molar-refractivity contribution in [3.63, 3.8) is 0 Å².